The molecule has 8 heteroatoms. The zero-order valence-electron chi connectivity index (χ0n) is 25.3. The summed E-state index contributed by atoms with van der Waals surface area (Å²) >= 11 is 1.57. The molecule has 0 aliphatic rings. The summed E-state index contributed by atoms with van der Waals surface area (Å²) in [5, 5.41) is 9.53. The first-order valence-electron chi connectivity index (χ1n) is 13.4. The highest BCUT2D eigenvalue weighted by Crippen LogP contribution is 2.40. The molecule has 0 aliphatic carbocycles. The van der Waals surface area contributed by atoms with Gasteiger partial charge in [-0.1, -0.05) is 54.5 Å². The number of allylic oxidation sites excluding steroid dienone is 1. The zero-order valence-corrected chi connectivity index (χ0v) is 28.9. The Kier molecular flexibility index (Phi) is 10.8. The van der Waals surface area contributed by atoms with Crippen LogP contribution in [0.5, 0.6) is 5.75 Å². The Morgan fingerprint density at radius 1 is 0.868 bits per heavy atom. The minimum Gasteiger partial charge on any atom is -0.488 e. The molecular formula is C30H48O5SSi2. The number of thiophene rings is 1. The molecule has 1 aromatic heterocycles. The molecule has 212 valence electrons. The van der Waals surface area contributed by atoms with E-state index in [0.29, 0.717) is 13.0 Å². The van der Waals surface area contributed by atoms with E-state index in [1.807, 2.05) is 25.1 Å². The van der Waals surface area contributed by atoms with Gasteiger partial charge in [-0.15, -0.1) is 11.3 Å². The molecule has 0 saturated heterocycles. The number of carboxylic acid groups (broad SMARTS) is 1. The van der Waals surface area contributed by atoms with E-state index in [4.69, 9.17) is 18.7 Å². The topological polar surface area (TPSA) is 65.0 Å². The monoisotopic (exact) mass is 576 g/mol. The Morgan fingerprint density at radius 2 is 1.42 bits per heavy atom. The third kappa shape index (κ3) is 10.1. The summed E-state index contributed by atoms with van der Waals surface area (Å²) in [4.78, 5) is 13.2. The van der Waals surface area contributed by atoms with Crippen LogP contribution in [0.4, 0.5) is 0 Å². The molecule has 1 heterocycles. The van der Waals surface area contributed by atoms with E-state index in [1.165, 1.54) is 6.08 Å². The van der Waals surface area contributed by atoms with Crippen LogP contribution in [0.1, 0.15) is 103 Å². The van der Waals surface area contributed by atoms with E-state index < -0.39 is 36.7 Å². The van der Waals surface area contributed by atoms with Gasteiger partial charge in [-0.05, 0) is 85.2 Å². The van der Waals surface area contributed by atoms with Crippen molar-refractivity contribution in [2.45, 2.75) is 110 Å². The van der Waals surface area contributed by atoms with Gasteiger partial charge in [-0.25, -0.2) is 4.79 Å². The summed E-state index contributed by atoms with van der Waals surface area (Å²) in [6.07, 6.45) is 1.96. The highest BCUT2D eigenvalue weighted by molar-refractivity contribution is 7.13. The van der Waals surface area contributed by atoms with Gasteiger partial charge < -0.3 is 18.7 Å². The predicted octanol–water partition coefficient (Wildman–Crippen LogP) is 7.31. The van der Waals surface area contributed by atoms with Crippen molar-refractivity contribution in [2.75, 3.05) is 0 Å². The van der Waals surface area contributed by atoms with E-state index in [-0.39, 0.29) is 10.1 Å². The average Bonchev–Trinajstić information content (AvgIpc) is 3.26. The molecule has 0 atom stereocenters. The third-order valence-corrected chi connectivity index (χ3v) is 10.7. The Bertz CT molecular complexity index is 1120. The number of ether oxygens (including phenoxy) is 1. The van der Waals surface area contributed by atoms with Crippen LogP contribution < -0.4 is 4.74 Å². The maximum atomic E-state index is 11.2. The number of rotatable bonds is 12. The maximum absolute atomic E-state index is 11.2. The van der Waals surface area contributed by atoms with Crippen LogP contribution in [-0.2, 0) is 31.5 Å². The van der Waals surface area contributed by atoms with Crippen molar-refractivity contribution in [1.29, 1.82) is 0 Å². The van der Waals surface area contributed by atoms with Crippen molar-refractivity contribution in [3.8, 4) is 5.75 Å². The van der Waals surface area contributed by atoms with E-state index in [1.54, 1.807) is 11.3 Å². The summed E-state index contributed by atoms with van der Waals surface area (Å²) in [6, 6.07) is 10.3. The van der Waals surface area contributed by atoms with E-state index in [0.717, 1.165) is 32.2 Å². The SMILES string of the molecule is CCC(=CC(=O)O)c1ccc(COc2ccc(C(C)(C)O[SiH2]C(C)(C)C)c(C(C)(C)O[SiH2]C(C)(C)C)c2)s1. The minimum atomic E-state index is -0.919. The van der Waals surface area contributed by atoms with Gasteiger partial charge in [0.2, 0.25) is 0 Å². The molecule has 0 spiro atoms. The van der Waals surface area contributed by atoms with Crippen molar-refractivity contribution in [1.82, 2.24) is 0 Å². The second-order valence-corrected chi connectivity index (χ2v) is 19.9. The summed E-state index contributed by atoms with van der Waals surface area (Å²) in [5.41, 5.74) is 2.14. The van der Waals surface area contributed by atoms with Gasteiger partial charge in [-0.2, -0.15) is 0 Å². The molecule has 38 heavy (non-hydrogen) atoms. The molecule has 2 aromatic rings. The van der Waals surface area contributed by atoms with Gasteiger partial charge in [0.05, 0.1) is 11.2 Å². The molecule has 0 unspecified atom stereocenters. The fourth-order valence-corrected chi connectivity index (χ4v) is 6.77. The normalized spacial score (nSPS) is 14.2. The summed E-state index contributed by atoms with van der Waals surface area (Å²) in [6.45, 7) is 24.4. The highest BCUT2D eigenvalue weighted by atomic mass is 32.1. The van der Waals surface area contributed by atoms with E-state index >= 15 is 0 Å². The smallest absolute Gasteiger partial charge is 0.328 e. The van der Waals surface area contributed by atoms with E-state index in [9.17, 15) is 4.79 Å². The summed E-state index contributed by atoms with van der Waals surface area (Å²) in [7, 11) is -1.56. The van der Waals surface area contributed by atoms with Gasteiger partial charge in [0.25, 0.3) is 0 Å². The van der Waals surface area contributed by atoms with Crippen LogP contribution in [0.15, 0.2) is 36.4 Å². The lowest BCUT2D eigenvalue weighted by atomic mass is 9.85. The number of hydrogen-bond donors (Lipinski definition) is 1. The first-order valence-corrected chi connectivity index (χ1v) is 16.8. The molecule has 1 N–H and O–H groups in total. The average molecular weight is 577 g/mol. The van der Waals surface area contributed by atoms with Crippen molar-refractivity contribution in [3.05, 3.63) is 57.3 Å². The molecule has 0 bridgehead atoms. The molecule has 0 aliphatic heterocycles. The Labute approximate surface area is 238 Å². The lowest BCUT2D eigenvalue weighted by Crippen LogP contribution is -2.34. The maximum Gasteiger partial charge on any atom is 0.328 e. The summed E-state index contributed by atoms with van der Waals surface area (Å²) in [5.74, 6) is -0.134. The third-order valence-electron chi connectivity index (χ3n) is 6.06. The number of carboxylic acids is 1. The highest BCUT2D eigenvalue weighted by Gasteiger charge is 2.34. The van der Waals surface area contributed by atoms with Crippen LogP contribution in [-0.4, -0.2) is 30.6 Å². The van der Waals surface area contributed by atoms with Gasteiger partial charge in [0.1, 0.15) is 12.4 Å². The molecule has 0 fully saturated rings. The van der Waals surface area contributed by atoms with Crippen LogP contribution in [0.2, 0.25) is 10.1 Å². The summed E-state index contributed by atoms with van der Waals surface area (Å²) < 4.78 is 19.5. The van der Waals surface area contributed by atoms with E-state index in [2.05, 4.69) is 81.4 Å². The molecule has 0 saturated carbocycles. The number of hydrogen-bond acceptors (Lipinski definition) is 5. The molecular weight excluding hydrogens is 529 g/mol. The van der Waals surface area contributed by atoms with Gasteiger partial charge in [0, 0.05) is 15.8 Å². The second kappa shape index (κ2) is 12.6. The quantitative estimate of drug-likeness (QED) is 0.212. The fourth-order valence-electron chi connectivity index (χ4n) is 3.86. The number of aliphatic carboxylic acids is 1. The molecule has 0 radical (unpaired) electrons. The fraction of sp³-hybridized carbons (Fsp3) is 0.567. The zero-order chi connectivity index (χ0) is 28.9. The van der Waals surface area contributed by atoms with Crippen LogP contribution >= 0.6 is 11.3 Å². The van der Waals surface area contributed by atoms with Gasteiger partial charge in [-0.3, -0.25) is 0 Å². The number of benzene rings is 1. The van der Waals surface area contributed by atoms with Crippen molar-refractivity contribution < 1.29 is 23.5 Å². The van der Waals surface area contributed by atoms with Crippen LogP contribution in [0.25, 0.3) is 5.57 Å². The largest absolute Gasteiger partial charge is 0.488 e. The molecule has 1 aromatic carbocycles. The van der Waals surface area contributed by atoms with Crippen molar-refractivity contribution >= 4 is 42.4 Å². The van der Waals surface area contributed by atoms with Gasteiger partial charge in [0.15, 0.2) is 19.5 Å². The van der Waals surface area contributed by atoms with Gasteiger partial charge >= 0.3 is 5.97 Å². The Morgan fingerprint density at radius 3 is 1.92 bits per heavy atom. The lowest BCUT2D eigenvalue weighted by Gasteiger charge is -2.37. The predicted molar refractivity (Wildman–Crippen MR) is 166 cm³/mol. The molecule has 5 nitrogen and oxygen atoms in total. The second-order valence-electron chi connectivity index (χ2n) is 13.3. The molecule has 0 amide bonds. The van der Waals surface area contributed by atoms with Crippen molar-refractivity contribution in [3.63, 3.8) is 0 Å². The number of carbonyl (C=O) groups is 1. The Balaban J connectivity index is 2.36. The minimum absolute atomic E-state index is 0.181. The van der Waals surface area contributed by atoms with Crippen LogP contribution in [0, 0.1) is 0 Å². The van der Waals surface area contributed by atoms with Crippen LogP contribution in [0.3, 0.4) is 0 Å². The van der Waals surface area contributed by atoms with Crippen molar-refractivity contribution in [2.24, 2.45) is 0 Å². The first kappa shape index (κ1) is 32.5. The first-order chi connectivity index (χ1) is 17.3. The standard InChI is InChI=1S/C30H48O5SSi2/c1-12-20(17-26(31)32)25-16-14-22(36-25)19-33-21-13-15-23(29(8,9)34-37-27(2,3)4)24(18-21)30(10,11)35-38-28(5,6)7/h13-18H,12,19,37-38H2,1-11H3,(H,31,32). The molecule has 2 rings (SSSR count). The Hall–Kier alpha value is -1.72. The lowest BCUT2D eigenvalue weighted by molar-refractivity contribution is -0.131.